The smallest absolute Gasteiger partial charge is 0.291 e. The van der Waals surface area contributed by atoms with Crippen LogP contribution in [0, 0.1) is 15.5 Å². The van der Waals surface area contributed by atoms with Crippen LogP contribution in [0.5, 0.6) is 0 Å². The Morgan fingerprint density at radius 2 is 1.93 bits per heavy atom. The van der Waals surface area contributed by atoms with Gasteiger partial charge in [-0.1, -0.05) is 18.2 Å². The third-order valence-electron chi connectivity index (χ3n) is 1.50. The quantitative estimate of drug-likeness (QED) is 0.274. The molecule has 7 nitrogen and oxygen atoms in total. The highest BCUT2D eigenvalue weighted by Crippen LogP contribution is 2.09. The fourth-order valence-corrected chi connectivity index (χ4v) is 0.791. The molecular weight excluding hydrogens is 200 g/mol. The van der Waals surface area contributed by atoms with E-state index in [4.69, 9.17) is 26.5 Å². The Hall–Kier alpha value is -2.31. The Morgan fingerprint density at radius 1 is 1.53 bits per heavy atom. The molecule has 0 aliphatic heterocycles. The highest BCUT2D eigenvalue weighted by atomic mass is 16.9. The van der Waals surface area contributed by atoms with Gasteiger partial charge >= 0.3 is 0 Å². The highest BCUT2D eigenvalue weighted by Gasteiger charge is 1.99. The van der Waals surface area contributed by atoms with E-state index in [0.717, 1.165) is 5.69 Å². The van der Waals surface area contributed by atoms with Gasteiger partial charge in [0.15, 0.2) is 5.96 Å². The SMILES string of the molecule is CN(C(=N)N)c1ccccc1.O=[N+]([O-])O. The van der Waals surface area contributed by atoms with Gasteiger partial charge in [-0.05, 0) is 12.1 Å². The van der Waals surface area contributed by atoms with E-state index in [2.05, 4.69) is 0 Å². The van der Waals surface area contributed by atoms with Crippen molar-refractivity contribution in [3.63, 3.8) is 0 Å². The molecule has 1 aromatic carbocycles. The van der Waals surface area contributed by atoms with Crippen LogP contribution in [0.4, 0.5) is 5.69 Å². The van der Waals surface area contributed by atoms with Crippen molar-refractivity contribution < 1.29 is 10.3 Å². The van der Waals surface area contributed by atoms with E-state index >= 15 is 0 Å². The second-order valence-corrected chi connectivity index (χ2v) is 2.52. The summed E-state index contributed by atoms with van der Waals surface area (Å²) in [5.74, 6) is 0.0520. The summed E-state index contributed by atoms with van der Waals surface area (Å²) in [5, 5.41) is 20.8. The number of hydrogen-bond acceptors (Lipinski definition) is 3. The van der Waals surface area contributed by atoms with E-state index in [9.17, 15) is 0 Å². The van der Waals surface area contributed by atoms with Crippen molar-refractivity contribution in [1.29, 1.82) is 5.41 Å². The molecule has 1 aromatic rings. The first kappa shape index (κ1) is 12.7. The summed E-state index contributed by atoms with van der Waals surface area (Å²) in [6.07, 6.45) is 0. The molecule has 4 N–H and O–H groups in total. The van der Waals surface area contributed by atoms with E-state index in [1.54, 1.807) is 11.9 Å². The number of rotatable bonds is 1. The van der Waals surface area contributed by atoms with Crippen LogP contribution in [-0.4, -0.2) is 23.3 Å². The second kappa shape index (κ2) is 6.19. The topological polar surface area (TPSA) is 116 Å². The number of hydrogen-bond donors (Lipinski definition) is 3. The van der Waals surface area contributed by atoms with Crippen molar-refractivity contribution in [3.05, 3.63) is 40.4 Å². The molecule has 0 unspecified atom stereocenters. The van der Waals surface area contributed by atoms with Crippen molar-refractivity contribution in [1.82, 2.24) is 0 Å². The summed E-state index contributed by atoms with van der Waals surface area (Å²) in [6.45, 7) is 0. The normalized spacial score (nSPS) is 8.33. The Balaban J connectivity index is 0.000000423. The van der Waals surface area contributed by atoms with E-state index < -0.39 is 5.09 Å². The molecule has 0 fully saturated rings. The number of benzene rings is 1. The molecule has 7 heteroatoms. The van der Waals surface area contributed by atoms with Gasteiger partial charge in [-0.25, -0.2) is 0 Å². The molecular formula is C8H12N4O3. The first-order valence-electron chi connectivity index (χ1n) is 3.91. The molecule has 0 spiro atoms. The molecule has 0 bridgehead atoms. The molecule has 15 heavy (non-hydrogen) atoms. The third kappa shape index (κ3) is 5.86. The Kier molecular flexibility index (Phi) is 5.24. The lowest BCUT2D eigenvalue weighted by Crippen LogP contribution is -2.32. The van der Waals surface area contributed by atoms with Crippen LogP contribution in [0.15, 0.2) is 30.3 Å². The van der Waals surface area contributed by atoms with E-state index in [-0.39, 0.29) is 5.96 Å². The summed E-state index contributed by atoms with van der Waals surface area (Å²) in [5.41, 5.74) is 6.21. The minimum absolute atomic E-state index is 0.0520. The third-order valence-corrected chi connectivity index (χ3v) is 1.50. The van der Waals surface area contributed by atoms with Crippen LogP contribution in [0.25, 0.3) is 0 Å². The molecule has 0 atom stereocenters. The molecule has 0 amide bonds. The van der Waals surface area contributed by atoms with Crippen LogP contribution in [0.1, 0.15) is 0 Å². The molecule has 1 rings (SSSR count). The zero-order valence-electron chi connectivity index (χ0n) is 8.12. The van der Waals surface area contributed by atoms with Crippen molar-refractivity contribution in [2.24, 2.45) is 5.73 Å². The Labute approximate surface area is 86.4 Å². The molecule has 0 heterocycles. The fourth-order valence-electron chi connectivity index (χ4n) is 0.791. The molecule has 0 radical (unpaired) electrons. The standard InChI is InChI=1S/C8H11N3.HNO3/c1-11(8(9)10)7-5-3-2-4-6-7;2-1(3)4/h2-6H,1H3,(H3,9,10);(H,2,3,4). The number of nitrogens with zero attached hydrogens (tertiary/aromatic N) is 2. The molecule has 0 saturated heterocycles. The average Bonchev–Trinajstić information content (AvgIpc) is 2.17. The van der Waals surface area contributed by atoms with Crippen LogP contribution in [0.2, 0.25) is 0 Å². The van der Waals surface area contributed by atoms with Crippen LogP contribution in [-0.2, 0) is 0 Å². The van der Waals surface area contributed by atoms with Crippen molar-refractivity contribution in [2.75, 3.05) is 11.9 Å². The van der Waals surface area contributed by atoms with Crippen LogP contribution >= 0.6 is 0 Å². The number of nitrogens with two attached hydrogens (primary N) is 1. The average molecular weight is 212 g/mol. The zero-order chi connectivity index (χ0) is 11.8. The molecule has 0 aromatic heterocycles. The number of guanidine groups is 1. The van der Waals surface area contributed by atoms with Gasteiger partial charge < -0.3 is 15.8 Å². The number of nitrogens with one attached hydrogen (secondary N) is 1. The minimum Gasteiger partial charge on any atom is -0.370 e. The van der Waals surface area contributed by atoms with Crippen molar-refractivity contribution in [3.8, 4) is 0 Å². The van der Waals surface area contributed by atoms with Gasteiger partial charge in [0.05, 0.1) is 0 Å². The Morgan fingerprint density at radius 3 is 2.27 bits per heavy atom. The predicted molar refractivity (Wildman–Crippen MR) is 55.5 cm³/mol. The lowest BCUT2D eigenvalue weighted by atomic mass is 10.3. The van der Waals surface area contributed by atoms with Gasteiger partial charge in [-0.2, -0.15) is 0 Å². The van der Waals surface area contributed by atoms with Crippen LogP contribution < -0.4 is 10.6 Å². The van der Waals surface area contributed by atoms with E-state index in [0.29, 0.717) is 0 Å². The summed E-state index contributed by atoms with van der Waals surface area (Å²) in [7, 11) is 1.76. The van der Waals surface area contributed by atoms with E-state index in [1.165, 1.54) is 0 Å². The van der Waals surface area contributed by atoms with Gasteiger partial charge in [-0.15, -0.1) is 10.1 Å². The zero-order valence-corrected chi connectivity index (χ0v) is 8.12. The van der Waals surface area contributed by atoms with Gasteiger partial charge in [0.1, 0.15) is 0 Å². The summed E-state index contributed by atoms with van der Waals surface area (Å²) in [6, 6.07) is 9.56. The lowest BCUT2D eigenvalue weighted by Gasteiger charge is -2.15. The molecule has 0 aliphatic rings. The first-order chi connectivity index (χ1) is 6.95. The summed E-state index contributed by atoms with van der Waals surface area (Å²) in [4.78, 5) is 9.97. The summed E-state index contributed by atoms with van der Waals surface area (Å²) >= 11 is 0. The van der Waals surface area contributed by atoms with Gasteiger partial charge in [0.2, 0.25) is 0 Å². The highest BCUT2D eigenvalue weighted by molar-refractivity contribution is 5.91. The van der Waals surface area contributed by atoms with Gasteiger partial charge in [0.25, 0.3) is 5.09 Å². The van der Waals surface area contributed by atoms with Crippen molar-refractivity contribution >= 4 is 11.6 Å². The predicted octanol–water partition coefficient (Wildman–Crippen LogP) is 0.669. The van der Waals surface area contributed by atoms with E-state index in [1.807, 2.05) is 30.3 Å². The van der Waals surface area contributed by atoms with Gasteiger partial charge in [-0.3, -0.25) is 5.41 Å². The monoisotopic (exact) mass is 212 g/mol. The molecule has 0 aliphatic carbocycles. The minimum atomic E-state index is -1.50. The van der Waals surface area contributed by atoms with Gasteiger partial charge in [0, 0.05) is 12.7 Å². The lowest BCUT2D eigenvalue weighted by molar-refractivity contribution is -0.742. The maximum atomic E-state index is 8.36. The second-order valence-electron chi connectivity index (χ2n) is 2.52. The Bertz CT molecular complexity index is 324. The maximum absolute atomic E-state index is 8.36. The molecule has 0 saturated carbocycles. The maximum Gasteiger partial charge on any atom is 0.291 e. The summed E-state index contributed by atoms with van der Waals surface area (Å²) < 4.78 is 0. The van der Waals surface area contributed by atoms with Crippen molar-refractivity contribution in [2.45, 2.75) is 0 Å². The number of para-hydroxylation sites is 1. The fraction of sp³-hybridized carbons (Fsp3) is 0.125. The number of anilines is 1. The van der Waals surface area contributed by atoms with Crippen LogP contribution in [0.3, 0.4) is 0 Å². The molecule has 82 valence electrons. The first-order valence-corrected chi connectivity index (χ1v) is 3.91. The largest absolute Gasteiger partial charge is 0.370 e.